The van der Waals surface area contributed by atoms with Crippen molar-refractivity contribution >= 4 is 35.8 Å². The second-order valence-corrected chi connectivity index (χ2v) is 8.53. The van der Waals surface area contributed by atoms with Crippen LogP contribution in [0.4, 0.5) is 0 Å². The first-order valence-corrected chi connectivity index (χ1v) is 10.1. The number of carbonyl (C=O) groups is 1. The Balaban J connectivity index is 0.00000450. The zero-order valence-corrected chi connectivity index (χ0v) is 21.2. The third kappa shape index (κ3) is 8.73. The minimum Gasteiger partial charge on any atom is -0.356 e. The molecule has 1 amide bonds. The van der Waals surface area contributed by atoms with Crippen molar-refractivity contribution < 1.29 is 4.79 Å². The van der Waals surface area contributed by atoms with Crippen LogP contribution in [0.1, 0.15) is 60.7 Å². The molecule has 3 N–H and O–H groups in total. The van der Waals surface area contributed by atoms with Crippen molar-refractivity contribution in [3.63, 3.8) is 0 Å². The molecule has 0 aliphatic carbocycles. The topological polar surface area (TPSA) is 65.5 Å². The molecule has 2 aromatic rings. The predicted octanol–water partition coefficient (Wildman–Crippen LogP) is 4.61. The molecular weight excluding hydrogens is 487 g/mol. The third-order valence-corrected chi connectivity index (χ3v) is 4.55. The Morgan fingerprint density at radius 2 is 1.77 bits per heavy atom. The molecule has 5 nitrogen and oxygen atoms in total. The average molecular weight is 522 g/mol. The van der Waals surface area contributed by atoms with Crippen LogP contribution >= 0.6 is 24.0 Å². The van der Waals surface area contributed by atoms with Gasteiger partial charge in [0, 0.05) is 31.2 Å². The summed E-state index contributed by atoms with van der Waals surface area (Å²) in [6.07, 6.45) is 0. The van der Waals surface area contributed by atoms with E-state index in [1.165, 1.54) is 11.1 Å². The van der Waals surface area contributed by atoms with Gasteiger partial charge in [0.05, 0.1) is 0 Å². The maximum Gasteiger partial charge on any atom is 0.251 e. The van der Waals surface area contributed by atoms with Crippen LogP contribution in [-0.4, -0.2) is 31.0 Å². The molecule has 0 aliphatic rings. The fourth-order valence-electron chi connectivity index (χ4n) is 2.99. The van der Waals surface area contributed by atoms with E-state index in [1.54, 1.807) is 7.05 Å². The van der Waals surface area contributed by atoms with Crippen LogP contribution in [-0.2, 0) is 6.54 Å². The van der Waals surface area contributed by atoms with E-state index in [-0.39, 0.29) is 35.4 Å². The lowest BCUT2D eigenvalue weighted by Gasteiger charge is -2.20. The number of nitrogens with one attached hydrogen (secondary N) is 3. The Hall–Kier alpha value is -2.09. The van der Waals surface area contributed by atoms with Gasteiger partial charge in [-0.1, -0.05) is 48.9 Å². The smallest absolute Gasteiger partial charge is 0.251 e. The summed E-state index contributed by atoms with van der Waals surface area (Å²) < 4.78 is 0. The van der Waals surface area contributed by atoms with Gasteiger partial charge in [-0.2, -0.15) is 0 Å². The first-order chi connectivity index (χ1) is 13.7. The van der Waals surface area contributed by atoms with Gasteiger partial charge in [-0.15, -0.1) is 24.0 Å². The molecule has 0 aliphatic heterocycles. The van der Waals surface area contributed by atoms with Crippen LogP contribution < -0.4 is 16.0 Å². The second-order valence-electron chi connectivity index (χ2n) is 8.53. The molecule has 0 saturated heterocycles. The minimum atomic E-state index is -0.259. The van der Waals surface area contributed by atoms with Gasteiger partial charge in [0.25, 0.3) is 5.91 Å². The number of carbonyl (C=O) groups excluding carboxylic acids is 1. The van der Waals surface area contributed by atoms with Crippen LogP contribution in [0.15, 0.2) is 53.5 Å². The lowest BCUT2D eigenvalue weighted by Crippen LogP contribution is -2.40. The quantitative estimate of drug-likeness (QED) is 0.295. The zero-order valence-electron chi connectivity index (χ0n) is 18.9. The van der Waals surface area contributed by atoms with Gasteiger partial charge in [-0.05, 0) is 56.9 Å². The van der Waals surface area contributed by atoms with Crippen molar-refractivity contribution in [2.24, 2.45) is 4.99 Å². The molecule has 0 spiro atoms. The number of benzene rings is 2. The number of halogens is 1. The van der Waals surface area contributed by atoms with Crippen LogP contribution in [0.2, 0.25) is 0 Å². The Morgan fingerprint density at radius 1 is 1.07 bits per heavy atom. The lowest BCUT2D eigenvalue weighted by atomic mass is 9.99. The number of rotatable bonds is 6. The summed E-state index contributed by atoms with van der Waals surface area (Å²) in [5.74, 6) is 1.06. The fraction of sp³-hybridized carbons (Fsp3) is 0.417. The van der Waals surface area contributed by atoms with E-state index in [4.69, 9.17) is 0 Å². The molecular formula is C24H35IN4O. The molecule has 0 fully saturated rings. The van der Waals surface area contributed by atoms with Gasteiger partial charge in [0.15, 0.2) is 5.96 Å². The van der Waals surface area contributed by atoms with E-state index < -0.39 is 0 Å². The lowest BCUT2D eigenvalue weighted by molar-refractivity contribution is 0.0919. The predicted molar refractivity (Wildman–Crippen MR) is 137 cm³/mol. The molecule has 30 heavy (non-hydrogen) atoms. The highest BCUT2D eigenvalue weighted by Gasteiger charge is 2.15. The van der Waals surface area contributed by atoms with E-state index in [1.807, 2.05) is 45.0 Å². The van der Waals surface area contributed by atoms with Crippen molar-refractivity contribution in [1.29, 1.82) is 0 Å². The van der Waals surface area contributed by atoms with Gasteiger partial charge in [-0.25, -0.2) is 0 Å². The number of aliphatic imine (C=N–C) groups is 1. The summed E-state index contributed by atoms with van der Waals surface area (Å²) >= 11 is 0. The summed E-state index contributed by atoms with van der Waals surface area (Å²) in [4.78, 5) is 16.7. The summed E-state index contributed by atoms with van der Waals surface area (Å²) in [6.45, 7) is 11.6. The Morgan fingerprint density at radius 3 is 2.40 bits per heavy atom. The van der Waals surface area contributed by atoms with Gasteiger partial charge in [0.2, 0.25) is 0 Å². The molecule has 0 bridgehead atoms. The van der Waals surface area contributed by atoms with E-state index in [0.29, 0.717) is 18.0 Å². The van der Waals surface area contributed by atoms with Crippen LogP contribution in [0.3, 0.4) is 0 Å². The maximum absolute atomic E-state index is 12.4. The summed E-state index contributed by atoms with van der Waals surface area (Å²) in [6, 6.07) is 16.2. The second kappa shape index (κ2) is 11.9. The number of hydrogen-bond donors (Lipinski definition) is 3. The molecule has 6 heteroatoms. The molecule has 1 unspecified atom stereocenters. The highest BCUT2D eigenvalue weighted by Crippen LogP contribution is 2.15. The van der Waals surface area contributed by atoms with Crippen LogP contribution in [0, 0.1) is 6.92 Å². The van der Waals surface area contributed by atoms with Gasteiger partial charge in [-0.3, -0.25) is 9.79 Å². The number of aryl methyl sites for hydroxylation is 1. The standard InChI is InChI=1S/C24H34N4O.HI/c1-17-9-7-11-20(13-17)18(2)15-26-23(25-6)27-16-19-10-8-12-21(14-19)22(29)28-24(3,4)5;/h7-14,18H,15-16H2,1-6H3,(H,28,29)(H2,25,26,27);1H. The number of hydrogen-bond acceptors (Lipinski definition) is 2. The molecule has 0 saturated carbocycles. The number of amides is 1. The van der Waals surface area contributed by atoms with E-state index in [9.17, 15) is 4.79 Å². The molecule has 164 valence electrons. The molecule has 2 aromatic carbocycles. The molecule has 0 aromatic heterocycles. The largest absolute Gasteiger partial charge is 0.356 e. The monoisotopic (exact) mass is 522 g/mol. The zero-order chi connectivity index (χ0) is 21.4. The van der Waals surface area contributed by atoms with Gasteiger partial charge in [0.1, 0.15) is 0 Å². The van der Waals surface area contributed by atoms with Gasteiger partial charge >= 0.3 is 0 Å². The molecule has 0 radical (unpaired) electrons. The summed E-state index contributed by atoms with van der Waals surface area (Å²) in [5, 5.41) is 9.71. The Bertz CT molecular complexity index is 858. The van der Waals surface area contributed by atoms with Crippen LogP contribution in [0.5, 0.6) is 0 Å². The van der Waals surface area contributed by atoms with Crippen molar-refractivity contribution in [2.75, 3.05) is 13.6 Å². The van der Waals surface area contributed by atoms with E-state index >= 15 is 0 Å². The molecule has 2 rings (SSSR count). The summed E-state index contributed by atoms with van der Waals surface area (Å²) in [7, 11) is 1.76. The minimum absolute atomic E-state index is 0. The van der Waals surface area contributed by atoms with Crippen molar-refractivity contribution in [1.82, 2.24) is 16.0 Å². The molecule has 0 heterocycles. The van der Waals surface area contributed by atoms with E-state index in [0.717, 1.165) is 18.1 Å². The SMILES string of the molecule is CN=C(NCc1cccc(C(=O)NC(C)(C)C)c1)NCC(C)c1cccc(C)c1.I. The van der Waals surface area contributed by atoms with E-state index in [2.05, 4.69) is 59.1 Å². The van der Waals surface area contributed by atoms with Gasteiger partial charge < -0.3 is 16.0 Å². The Labute approximate surface area is 198 Å². The molecule has 1 atom stereocenters. The first kappa shape index (κ1) is 25.9. The fourth-order valence-corrected chi connectivity index (χ4v) is 2.99. The first-order valence-electron chi connectivity index (χ1n) is 10.1. The van der Waals surface area contributed by atoms with Crippen molar-refractivity contribution in [2.45, 2.75) is 52.6 Å². The maximum atomic E-state index is 12.4. The number of nitrogens with zero attached hydrogens (tertiary/aromatic N) is 1. The number of guanidine groups is 1. The summed E-state index contributed by atoms with van der Waals surface area (Å²) in [5.41, 5.74) is 4.01. The van der Waals surface area contributed by atoms with Crippen LogP contribution in [0.25, 0.3) is 0 Å². The highest BCUT2D eigenvalue weighted by atomic mass is 127. The third-order valence-electron chi connectivity index (χ3n) is 4.55. The normalized spacial score (nSPS) is 12.5. The highest BCUT2D eigenvalue weighted by molar-refractivity contribution is 14.0. The Kier molecular flexibility index (Phi) is 10.3. The van der Waals surface area contributed by atoms with Crippen molar-refractivity contribution in [3.8, 4) is 0 Å². The van der Waals surface area contributed by atoms with Crippen molar-refractivity contribution in [3.05, 3.63) is 70.8 Å². The average Bonchev–Trinajstić information content (AvgIpc) is 2.67.